The molecule has 2 N–H and O–H groups in total. The number of amides is 2. The smallest absolute Gasteiger partial charge is 0.270 e. The van der Waals surface area contributed by atoms with Gasteiger partial charge in [0, 0.05) is 41.2 Å². The molecule has 0 saturated heterocycles. The lowest BCUT2D eigenvalue weighted by atomic mass is 10.2. The van der Waals surface area contributed by atoms with Gasteiger partial charge in [-0.05, 0) is 30.7 Å². The lowest BCUT2D eigenvalue weighted by Gasteiger charge is -2.08. The predicted molar refractivity (Wildman–Crippen MR) is 103 cm³/mol. The minimum Gasteiger partial charge on any atom is -0.326 e. The second kappa shape index (κ2) is 9.44. The van der Waals surface area contributed by atoms with Crippen molar-refractivity contribution in [1.29, 1.82) is 0 Å². The summed E-state index contributed by atoms with van der Waals surface area (Å²) in [5, 5.41) is 17.7. The lowest BCUT2D eigenvalue weighted by molar-refractivity contribution is -0.384. The van der Waals surface area contributed by atoms with Gasteiger partial charge in [-0.3, -0.25) is 19.7 Å². The number of hydrogen-bond donors (Lipinski definition) is 2. The van der Waals surface area contributed by atoms with E-state index in [2.05, 4.69) is 15.8 Å². The van der Waals surface area contributed by atoms with Crippen molar-refractivity contribution in [2.24, 2.45) is 5.10 Å². The summed E-state index contributed by atoms with van der Waals surface area (Å²) in [6.45, 7) is 1.82. The van der Waals surface area contributed by atoms with Gasteiger partial charge < -0.3 is 5.32 Å². The first-order chi connectivity index (χ1) is 12.8. The molecule has 2 aromatic carbocycles. The number of carbonyl (C=O) groups is 2. The fraction of sp³-hybridized carbons (Fsp3) is 0.167. The maximum absolute atomic E-state index is 11.9. The Morgan fingerprint density at radius 2 is 1.93 bits per heavy atom. The van der Waals surface area contributed by atoms with Gasteiger partial charge in [0.2, 0.25) is 11.8 Å². The molecule has 140 valence electrons. The van der Waals surface area contributed by atoms with Crippen LogP contribution < -0.4 is 10.7 Å². The number of nitro benzene ring substituents is 1. The van der Waals surface area contributed by atoms with Crippen LogP contribution in [0.1, 0.15) is 24.0 Å². The molecule has 0 radical (unpaired) electrons. The zero-order chi connectivity index (χ0) is 19.8. The number of anilines is 1. The first kappa shape index (κ1) is 20.1. The van der Waals surface area contributed by atoms with Crippen LogP contribution in [0.25, 0.3) is 0 Å². The van der Waals surface area contributed by atoms with Gasteiger partial charge in [-0.1, -0.05) is 23.7 Å². The summed E-state index contributed by atoms with van der Waals surface area (Å²) in [5.41, 5.74) is 4.14. The number of carbonyl (C=O) groups excluding carboxylic acids is 2. The number of halogens is 1. The second-order valence-electron chi connectivity index (χ2n) is 5.65. The van der Waals surface area contributed by atoms with Crippen LogP contribution in [0.3, 0.4) is 0 Å². The van der Waals surface area contributed by atoms with Crippen LogP contribution in [-0.4, -0.2) is 23.0 Å². The van der Waals surface area contributed by atoms with Crippen LogP contribution in [0.2, 0.25) is 5.02 Å². The minimum atomic E-state index is -0.517. The Labute approximate surface area is 160 Å². The number of nitrogens with one attached hydrogen (secondary N) is 2. The third-order valence-electron chi connectivity index (χ3n) is 3.53. The summed E-state index contributed by atoms with van der Waals surface area (Å²) < 4.78 is 0. The molecule has 0 aliphatic heterocycles. The van der Waals surface area contributed by atoms with Crippen molar-refractivity contribution in [3.05, 3.63) is 68.7 Å². The number of nitrogens with zero attached hydrogens (tertiary/aromatic N) is 2. The van der Waals surface area contributed by atoms with Gasteiger partial charge in [0.1, 0.15) is 0 Å². The summed E-state index contributed by atoms with van der Waals surface area (Å²) in [4.78, 5) is 33.9. The molecule has 27 heavy (non-hydrogen) atoms. The highest BCUT2D eigenvalue weighted by Gasteiger charge is 2.09. The first-order valence-electron chi connectivity index (χ1n) is 7.97. The van der Waals surface area contributed by atoms with E-state index in [9.17, 15) is 19.7 Å². The maximum Gasteiger partial charge on any atom is 0.270 e. The zero-order valence-electron chi connectivity index (χ0n) is 14.4. The summed E-state index contributed by atoms with van der Waals surface area (Å²) in [5.74, 6) is -0.752. The zero-order valence-corrected chi connectivity index (χ0v) is 15.2. The van der Waals surface area contributed by atoms with Crippen molar-refractivity contribution in [2.75, 3.05) is 5.32 Å². The quantitative estimate of drug-likeness (QED) is 0.429. The lowest BCUT2D eigenvalue weighted by Crippen LogP contribution is -2.20. The van der Waals surface area contributed by atoms with Gasteiger partial charge in [-0.25, -0.2) is 5.43 Å². The number of non-ortho nitro benzene ring substituents is 1. The third kappa shape index (κ3) is 6.52. The molecule has 8 nitrogen and oxygen atoms in total. The van der Waals surface area contributed by atoms with Crippen molar-refractivity contribution in [3.63, 3.8) is 0 Å². The van der Waals surface area contributed by atoms with E-state index < -0.39 is 10.8 Å². The maximum atomic E-state index is 11.9. The highest BCUT2D eigenvalue weighted by Crippen LogP contribution is 2.19. The van der Waals surface area contributed by atoms with E-state index in [0.717, 1.165) is 5.56 Å². The molecule has 0 aromatic heterocycles. The molecule has 2 rings (SSSR count). The monoisotopic (exact) mass is 388 g/mol. The largest absolute Gasteiger partial charge is 0.326 e. The molecule has 0 heterocycles. The molecule has 0 aliphatic carbocycles. The van der Waals surface area contributed by atoms with E-state index in [1.807, 2.05) is 6.92 Å². The minimum absolute atomic E-state index is 0.0137. The number of rotatable bonds is 7. The number of hydrazone groups is 1. The normalized spacial score (nSPS) is 10.6. The van der Waals surface area contributed by atoms with Crippen molar-refractivity contribution >= 4 is 41.0 Å². The highest BCUT2D eigenvalue weighted by atomic mass is 35.5. The van der Waals surface area contributed by atoms with Crippen LogP contribution in [0.15, 0.2) is 47.6 Å². The predicted octanol–water partition coefficient (Wildman–Crippen LogP) is 3.43. The van der Waals surface area contributed by atoms with E-state index in [1.54, 1.807) is 24.3 Å². The Balaban J connectivity index is 1.79. The van der Waals surface area contributed by atoms with Crippen molar-refractivity contribution in [1.82, 2.24) is 5.43 Å². The summed E-state index contributed by atoms with van der Waals surface area (Å²) in [6.07, 6.45) is 1.23. The van der Waals surface area contributed by atoms with E-state index in [1.165, 1.54) is 24.4 Å². The molecule has 2 aromatic rings. The summed E-state index contributed by atoms with van der Waals surface area (Å²) in [7, 11) is 0. The molecular formula is C18H17ClN4O4. The number of benzene rings is 2. The molecule has 0 bridgehead atoms. The number of nitro groups is 1. The van der Waals surface area contributed by atoms with Gasteiger partial charge in [-0.2, -0.15) is 5.10 Å². The van der Waals surface area contributed by atoms with Crippen LogP contribution in [0.5, 0.6) is 0 Å². The number of hydrogen-bond acceptors (Lipinski definition) is 5. The molecule has 0 atom stereocenters. The van der Waals surface area contributed by atoms with Crippen LogP contribution >= 0.6 is 11.6 Å². The average Bonchev–Trinajstić information content (AvgIpc) is 2.62. The van der Waals surface area contributed by atoms with Gasteiger partial charge in [0.05, 0.1) is 11.1 Å². The summed E-state index contributed by atoms with van der Waals surface area (Å²) in [6, 6.07) is 10.9. The van der Waals surface area contributed by atoms with Crippen LogP contribution in [-0.2, 0) is 9.59 Å². The topological polar surface area (TPSA) is 114 Å². The average molecular weight is 389 g/mol. The molecule has 9 heteroatoms. The SMILES string of the molecule is Cc1cc(Cl)ccc1NC(=O)CCC(=O)N/N=C/c1cccc([N+](=O)[O-])c1. The number of aryl methyl sites for hydroxylation is 1. The van der Waals surface area contributed by atoms with Crippen molar-refractivity contribution < 1.29 is 14.5 Å². The van der Waals surface area contributed by atoms with E-state index in [-0.39, 0.29) is 24.4 Å². The van der Waals surface area contributed by atoms with Crippen molar-refractivity contribution in [3.8, 4) is 0 Å². The Bertz CT molecular complexity index is 899. The molecule has 0 unspecified atom stereocenters. The molecule has 0 spiro atoms. The van der Waals surface area contributed by atoms with Crippen LogP contribution in [0, 0.1) is 17.0 Å². The van der Waals surface area contributed by atoms with E-state index in [0.29, 0.717) is 16.3 Å². The molecular weight excluding hydrogens is 372 g/mol. The van der Waals surface area contributed by atoms with Gasteiger partial charge in [0.25, 0.3) is 5.69 Å². The fourth-order valence-electron chi connectivity index (χ4n) is 2.16. The third-order valence-corrected chi connectivity index (χ3v) is 3.76. The first-order valence-corrected chi connectivity index (χ1v) is 8.35. The Hall–Kier alpha value is -3.26. The van der Waals surface area contributed by atoms with E-state index >= 15 is 0 Å². The summed E-state index contributed by atoms with van der Waals surface area (Å²) >= 11 is 5.86. The second-order valence-corrected chi connectivity index (χ2v) is 6.09. The van der Waals surface area contributed by atoms with E-state index in [4.69, 9.17) is 11.6 Å². The Morgan fingerprint density at radius 3 is 2.63 bits per heavy atom. The van der Waals surface area contributed by atoms with Gasteiger partial charge >= 0.3 is 0 Å². The van der Waals surface area contributed by atoms with Gasteiger partial charge in [-0.15, -0.1) is 0 Å². The van der Waals surface area contributed by atoms with Crippen molar-refractivity contribution in [2.45, 2.75) is 19.8 Å². The molecule has 0 fully saturated rings. The molecule has 0 aliphatic rings. The van der Waals surface area contributed by atoms with Crippen LogP contribution in [0.4, 0.5) is 11.4 Å². The molecule has 0 saturated carbocycles. The standard InChI is InChI=1S/C18H17ClN4O4/c1-12-9-14(19)5-6-16(12)21-17(24)7-8-18(25)22-20-11-13-3-2-4-15(10-13)23(26)27/h2-6,9-11H,7-8H2,1H3,(H,21,24)(H,22,25)/b20-11+. The van der Waals surface area contributed by atoms with Gasteiger partial charge in [0.15, 0.2) is 0 Å². The Morgan fingerprint density at radius 1 is 1.19 bits per heavy atom. The highest BCUT2D eigenvalue weighted by molar-refractivity contribution is 6.30. The Kier molecular flexibility index (Phi) is 7.01. The fourth-order valence-corrected chi connectivity index (χ4v) is 2.39. The molecule has 2 amide bonds.